The molecule has 1 atom stereocenters. The normalized spacial score (nSPS) is 12.8. The molecule has 0 fully saturated rings. The van der Waals surface area contributed by atoms with Crippen LogP contribution in [0.4, 0.5) is 5.69 Å². The van der Waals surface area contributed by atoms with E-state index in [1.807, 2.05) is 0 Å². The molecule has 5 nitrogen and oxygen atoms in total. The Morgan fingerprint density at radius 3 is 2.85 bits per heavy atom. The summed E-state index contributed by atoms with van der Waals surface area (Å²) in [6.07, 6.45) is 1.48. The van der Waals surface area contributed by atoms with Crippen molar-refractivity contribution in [2.45, 2.75) is 31.0 Å². The number of benzene rings is 1. The van der Waals surface area contributed by atoms with Gasteiger partial charge in [-0.1, -0.05) is 31.5 Å². The molecule has 0 bridgehead atoms. The molecule has 7 heteroatoms. The van der Waals surface area contributed by atoms with Crippen LogP contribution in [0.3, 0.4) is 0 Å². The van der Waals surface area contributed by atoms with E-state index in [9.17, 15) is 4.21 Å². The minimum absolute atomic E-state index is 0.251. The van der Waals surface area contributed by atoms with Crippen molar-refractivity contribution in [1.82, 2.24) is 14.8 Å². The number of anilines is 1. The largest absolute Gasteiger partial charge is 0.398 e. The summed E-state index contributed by atoms with van der Waals surface area (Å²) in [5, 5.41) is 4.57. The Labute approximate surface area is 125 Å². The van der Waals surface area contributed by atoms with Crippen LogP contribution in [-0.2, 0) is 23.1 Å². The number of hydrogen-bond donors (Lipinski definition) is 1. The zero-order chi connectivity index (χ0) is 14.7. The van der Waals surface area contributed by atoms with Crippen LogP contribution in [0.15, 0.2) is 29.4 Å². The van der Waals surface area contributed by atoms with E-state index in [1.54, 1.807) is 22.9 Å². The van der Waals surface area contributed by atoms with Crippen LogP contribution in [0.25, 0.3) is 0 Å². The second-order valence-electron chi connectivity index (χ2n) is 4.90. The molecule has 0 aliphatic carbocycles. The minimum atomic E-state index is -1.34. The second-order valence-corrected chi connectivity index (χ2v) is 6.70. The molecule has 2 rings (SSSR count). The number of nitrogens with zero attached hydrogens (tertiary/aromatic N) is 3. The smallest absolute Gasteiger partial charge is 0.139 e. The first-order valence-corrected chi connectivity index (χ1v) is 7.97. The van der Waals surface area contributed by atoms with Crippen LogP contribution in [-0.4, -0.2) is 19.0 Å². The third-order valence-corrected chi connectivity index (χ3v) is 4.58. The van der Waals surface area contributed by atoms with Crippen molar-refractivity contribution in [3.8, 4) is 0 Å². The van der Waals surface area contributed by atoms with Crippen molar-refractivity contribution < 1.29 is 4.21 Å². The molecule has 108 valence electrons. The average molecular weight is 313 g/mol. The highest BCUT2D eigenvalue weighted by atomic mass is 35.5. The van der Waals surface area contributed by atoms with E-state index in [-0.39, 0.29) is 5.75 Å². The summed E-state index contributed by atoms with van der Waals surface area (Å²) in [7, 11) is -1.34. The summed E-state index contributed by atoms with van der Waals surface area (Å²) in [5.74, 6) is 1.37. The molecule has 0 spiro atoms. The summed E-state index contributed by atoms with van der Waals surface area (Å²) in [4.78, 5) is 4.63. The quantitative estimate of drug-likeness (QED) is 0.861. The second kappa shape index (κ2) is 6.37. The van der Waals surface area contributed by atoms with Crippen LogP contribution < -0.4 is 5.73 Å². The molecule has 0 aliphatic rings. The fourth-order valence-corrected chi connectivity index (χ4v) is 3.51. The lowest BCUT2D eigenvalue weighted by atomic mass is 10.2. The first-order chi connectivity index (χ1) is 9.49. The van der Waals surface area contributed by atoms with E-state index < -0.39 is 10.8 Å². The zero-order valence-electron chi connectivity index (χ0n) is 11.4. The zero-order valence-corrected chi connectivity index (χ0v) is 13.0. The molecule has 0 aliphatic heterocycles. The Morgan fingerprint density at radius 2 is 2.20 bits per heavy atom. The number of rotatable bonds is 5. The van der Waals surface area contributed by atoms with Crippen molar-refractivity contribution in [1.29, 1.82) is 0 Å². The maximum Gasteiger partial charge on any atom is 0.139 e. The van der Waals surface area contributed by atoms with Gasteiger partial charge >= 0.3 is 0 Å². The number of nitrogens with two attached hydrogens (primary N) is 1. The van der Waals surface area contributed by atoms with Gasteiger partial charge in [-0.05, 0) is 18.1 Å². The molecule has 2 aromatic rings. The van der Waals surface area contributed by atoms with E-state index >= 15 is 0 Å². The van der Waals surface area contributed by atoms with E-state index in [4.69, 9.17) is 17.3 Å². The maximum absolute atomic E-state index is 12.5. The molecule has 0 amide bonds. The topological polar surface area (TPSA) is 73.8 Å². The van der Waals surface area contributed by atoms with Crippen molar-refractivity contribution in [2.24, 2.45) is 5.92 Å². The van der Waals surface area contributed by atoms with E-state index in [1.165, 1.54) is 6.33 Å². The SMILES string of the molecule is CC(C)Cn1ncnc1CS(=O)c1c(N)cccc1Cl. The Morgan fingerprint density at radius 1 is 1.45 bits per heavy atom. The molecule has 20 heavy (non-hydrogen) atoms. The molecular weight excluding hydrogens is 296 g/mol. The first kappa shape index (κ1) is 15.0. The average Bonchev–Trinajstić information content (AvgIpc) is 2.75. The van der Waals surface area contributed by atoms with Gasteiger partial charge in [-0.3, -0.25) is 4.21 Å². The fourth-order valence-electron chi connectivity index (χ4n) is 1.85. The number of aromatic nitrogens is 3. The number of hydrogen-bond acceptors (Lipinski definition) is 4. The highest BCUT2D eigenvalue weighted by Gasteiger charge is 2.16. The first-order valence-electron chi connectivity index (χ1n) is 6.28. The van der Waals surface area contributed by atoms with Crippen molar-refractivity contribution in [3.63, 3.8) is 0 Å². The van der Waals surface area contributed by atoms with Crippen LogP contribution in [0.1, 0.15) is 19.7 Å². The molecule has 0 saturated heterocycles. The molecule has 2 N–H and O–H groups in total. The predicted molar refractivity (Wildman–Crippen MR) is 80.8 cm³/mol. The fraction of sp³-hybridized carbons (Fsp3) is 0.385. The lowest BCUT2D eigenvalue weighted by molar-refractivity contribution is 0.471. The molecule has 1 unspecified atom stereocenters. The van der Waals surface area contributed by atoms with Crippen molar-refractivity contribution in [2.75, 3.05) is 5.73 Å². The Bertz CT molecular complexity index is 606. The van der Waals surface area contributed by atoms with Crippen molar-refractivity contribution >= 4 is 28.1 Å². The van der Waals surface area contributed by atoms with E-state index in [0.717, 1.165) is 6.54 Å². The van der Waals surface area contributed by atoms with Crippen LogP contribution in [0, 0.1) is 5.92 Å². The van der Waals surface area contributed by atoms with Gasteiger partial charge in [-0.15, -0.1) is 0 Å². The summed E-state index contributed by atoms with van der Waals surface area (Å²) in [6.45, 7) is 4.92. The predicted octanol–water partition coefficient (Wildman–Crippen LogP) is 2.48. The van der Waals surface area contributed by atoms with E-state index in [0.29, 0.717) is 27.3 Å². The van der Waals surface area contributed by atoms with Crippen molar-refractivity contribution in [3.05, 3.63) is 35.4 Å². The third kappa shape index (κ3) is 3.37. The van der Waals surface area contributed by atoms with Gasteiger partial charge in [0.15, 0.2) is 0 Å². The van der Waals surface area contributed by atoms with Crippen LogP contribution in [0.2, 0.25) is 5.02 Å². The van der Waals surface area contributed by atoms with Gasteiger partial charge in [0.2, 0.25) is 0 Å². The third-order valence-electron chi connectivity index (χ3n) is 2.72. The minimum Gasteiger partial charge on any atom is -0.398 e. The molecule has 0 radical (unpaired) electrons. The van der Waals surface area contributed by atoms with Crippen LogP contribution in [0.5, 0.6) is 0 Å². The Kier molecular flexibility index (Phi) is 4.77. The molecule has 1 aromatic carbocycles. The highest BCUT2D eigenvalue weighted by Crippen LogP contribution is 2.27. The van der Waals surface area contributed by atoms with E-state index in [2.05, 4.69) is 23.9 Å². The summed E-state index contributed by atoms with van der Waals surface area (Å²) in [5.41, 5.74) is 6.29. The molecule has 0 saturated carbocycles. The number of halogens is 1. The van der Waals surface area contributed by atoms with Gasteiger partial charge in [0.25, 0.3) is 0 Å². The Balaban J connectivity index is 2.22. The van der Waals surface area contributed by atoms with Gasteiger partial charge in [-0.25, -0.2) is 9.67 Å². The van der Waals surface area contributed by atoms with Gasteiger partial charge < -0.3 is 5.73 Å². The summed E-state index contributed by atoms with van der Waals surface area (Å²) >= 11 is 6.07. The standard InChI is InChI=1S/C13H17ClN4OS/c1-9(2)6-18-12(16-8-17-18)7-20(19)13-10(14)4-3-5-11(13)15/h3-5,8-9H,6-7,15H2,1-2H3. The maximum atomic E-state index is 12.5. The molecular formula is C13H17ClN4OS. The van der Waals surface area contributed by atoms with Gasteiger partial charge in [-0.2, -0.15) is 5.10 Å². The Hall–Kier alpha value is -1.40. The van der Waals surface area contributed by atoms with Crippen LogP contribution >= 0.6 is 11.6 Å². The lowest BCUT2D eigenvalue weighted by Crippen LogP contribution is -2.12. The molecule has 1 heterocycles. The highest BCUT2D eigenvalue weighted by molar-refractivity contribution is 7.84. The monoisotopic (exact) mass is 312 g/mol. The number of nitrogen functional groups attached to an aromatic ring is 1. The summed E-state index contributed by atoms with van der Waals surface area (Å²) in [6, 6.07) is 5.11. The van der Waals surface area contributed by atoms with Gasteiger partial charge in [0.05, 0.1) is 26.5 Å². The molecule has 1 aromatic heterocycles. The summed E-state index contributed by atoms with van der Waals surface area (Å²) < 4.78 is 14.2. The van der Waals surface area contributed by atoms with Gasteiger partial charge in [0.1, 0.15) is 12.2 Å². The lowest BCUT2D eigenvalue weighted by Gasteiger charge is -2.10. The van der Waals surface area contributed by atoms with Gasteiger partial charge in [0, 0.05) is 12.2 Å².